The molecule has 0 aliphatic heterocycles. The van der Waals surface area contributed by atoms with Crippen LogP contribution in [0.5, 0.6) is 0 Å². The summed E-state index contributed by atoms with van der Waals surface area (Å²) < 4.78 is 9.60. The van der Waals surface area contributed by atoms with Crippen molar-refractivity contribution in [1.82, 2.24) is 0 Å². The van der Waals surface area contributed by atoms with E-state index in [1.165, 1.54) is 20.8 Å². The first kappa shape index (κ1) is 17.6. The average molecular weight is 295 g/mol. The van der Waals surface area contributed by atoms with Crippen LogP contribution in [0.4, 0.5) is 0 Å². The second-order valence-corrected chi connectivity index (χ2v) is 12.5. The van der Waals surface area contributed by atoms with Gasteiger partial charge in [0.1, 0.15) is 0 Å². The second-order valence-electron chi connectivity index (χ2n) is 5.07. The predicted molar refractivity (Wildman–Crippen MR) is 64.5 cm³/mol. The zero-order valence-corrected chi connectivity index (χ0v) is 13.8. The van der Waals surface area contributed by atoms with Crippen molar-refractivity contribution in [2.45, 2.75) is 60.7 Å². The Morgan fingerprint density at radius 2 is 0.944 bits per heavy atom. The molecule has 0 aliphatic rings. The summed E-state index contributed by atoms with van der Waals surface area (Å²) in [6, 6.07) is 0. The third kappa shape index (κ3) is 2.64. The molecule has 0 heterocycles. The normalized spacial score (nSPS) is 14.4. The summed E-state index contributed by atoms with van der Waals surface area (Å²) in [5, 5.41) is 0. The van der Waals surface area contributed by atoms with Crippen LogP contribution in [0.15, 0.2) is 0 Å². The molecular formula is C12H23O5Ti. The first-order valence-corrected chi connectivity index (χ1v) is 9.67. The summed E-state index contributed by atoms with van der Waals surface area (Å²) in [7, 11) is 0. The standard InChI is InChI=1S/2C3H7O.3C2H3O.Ti/c2*1-3(2)4;3*1-2-3;/h2*3H,1-2H3;3*1H3;/q2*-1;;;;+2. The quantitative estimate of drug-likeness (QED) is 0.672. The van der Waals surface area contributed by atoms with E-state index < -0.39 is 40.6 Å². The van der Waals surface area contributed by atoms with E-state index in [0.717, 1.165) is 0 Å². The topological polar surface area (TPSA) is 69.7 Å². The molecule has 0 aromatic rings. The molecule has 0 fully saturated rings. The monoisotopic (exact) mass is 295 g/mol. The van der Waals surface area contributed by atoms with Gasteiger partial charge < -0.3 is 0 Å². The summed E-state index contributed by atoms with van der Waals surface area (Å²) >= 11 is -5.44. The molecule has 0 rings (SSSR count). The van der Waals surface area contributed by atoms with Crippen LogP contribution in [0.3, 0.4) is 0 Å². The Kier molecular flexibility index (Phi) is 5.62. The molecule has 0 unspecified atom stereocenters. The molecule has 0 bridgehead atoms. The number of carbonyl (C=O) groups is 3. The van der Waals surface area contributed by atoms with Gasteiger partial charge in [0.15, 0.2) is 0 Å². The van der Waals surface area contributed by atoms with Crippen LogP contribution in [-0.4, -0.2) is 24.5 Å². The van der Waals surface area contributed by atoms with Gasteiger partial charge in [-0.2, -0.15) is 0 Å². The van der Waals surface area contributed by atoms with Crippen LogP contribution in [0.2, 0.25) is 0 Å². The first-order valence-electron chi connectivity index (χ1n) is 6.05. The maximum atomic E-state index is 12.1. The molecule has 0 saturated heterocycles. The molecule has 5 nitrogen and oxygen atoms in total. The van der Waals surface area contributed by atoms with Gasteiger partial charge in [0.25, 0.3) is 0 Å². The third-order valence-corrected chi connectivity index (χ3v) is 11.7. The Morgan fingerprint density at radius 1 is 0.722 bits per heavy atom. The third-order valence-electron chi connectivity index (χ3n) is 2.84. The fourth-order valence-electron chi connectivity index (χ4n) is 2.17. The number of hydrogen-bond donors (Lipinski definition) is 0. The van der Waals surface area contributed by atoms with Gasteiger partial charge in [0.05, 0.1) is 0 Å². The van der Waals surface area contributed by atoms with Crippen molar-refractivity contribution >= 4 is 12.3 Å². The number of rotatable bonds is 7. The van der Waals surface area contributed by atoms with Gasteiger partial charge in [0.2, 0.25) is 0 Å². The van der Waals surface area contributed by atoms with Crippen LogP contribution in [-0.2, 0) is 37.1 Å². The summed E-state index contributed by atoms with van der Waals surface area (Å²) in [5.74, 6) is 0. The first-order chi connectivity index (χ1) is 8.00. The molecule has 0 atom stereocenters. The van der Waals surface area contributed by atoms with E-state index in [9.17, 15) is 14.4 Å². The van der Waals surface area contributed by atoms with Crippen molar-refractivity contribution in [3.8, 4) is 0 Å². The summed E-state index contributed by atoms with van der Waals surface area (Å²) in [6.45, 7) is 10.4. The number of carbonyl (C=O) groups excluding carboxylic acids is 3. The molecule has 0 N–H and O–H groups in total. The molecule has 0 spiro atoms. The SMILES string of the molecule is C[C](=O)[Ti]([O]C(C)C)([O]C(C)C)([C](C)=O)[C](C)=O. The van der Waals surface area contributed by atoms with Crippen molar-refractivity contribution in [1.29, 1.82) is 0 Å². The van der Waals surface area contributed by atoms with Gasteiger partial charge in [-0.1, -0.05) is 0 Å². The van der Waals surface area contributed by atoms with Crippen molar-refractivity contribution in [2.75, 3.05) is 0 Å². The van der Waals surface area contributed by atoms with E-state index in [2.05, 4.69) is 0 Å². The Bertz CT molecular complexity index is 320. The van der Waals surface area contributed by atoms with Crippen LogP contribution in [0.25, 0.3) is 0 Å². The van der Waals surface area contributed by atoms with Crippen LogP contribution >= 0.6 is 0 Å². The molecular weight excluding hydrogens is 272 g/mol. The van der Waals surface area contributed by atoms with Crippen molar-refractivity contribution in [3.63, 3.8) is 0 Å². The van der Waals surface area contributed by atoms with Gasteiger partial charge in [-0.3, -0.25) is 0 Å². The minimum atomic E-state index is -5.44. The van der Waals surface area contributed by atoms with Crippen LogP contribution in [0, 0.1) is 0 Å². The zero-order valence-electron chi connectivity index (χ0n) is 12.2. The van der Waals surface area contributed by atoms with Crippen molar-refractivity contribution < 1.29 is 37.1 Å². The van der Waals surface area contributed by atoms with Crippen LogP contribution < -0.4 is 0 Å². The average Bonchev–Trinajstić information content (AvgIpc) is 2.13. The predicted octanol–water partition coefficient (Wildman–Crippen LogP) is 2.00. The van der Waals surface area contributed by atoms with E-state index in [4.69, 9.17) is 6.64 Å². The Hall–Kier alpha value is -0.356. The minimum absolute atomic E-state index is 0.433. The maximum absolute atomic E-state index is 12.1. The van der Waals surface area contributed by atoms with Gasteiger partial charge in [-0.15, -0.1) is 0 Å². The summed E-state index contributed by atoms with van der Waals surface area (Å²) in [4.78, 5) is 36.4. The van der Waals surface area contributed by atoms with Gasteiger partial charge in [-0.05, 0) is 0 Å². The summed E-state index contributed by atoms with van der Waals surface area (Å²) in [5.41, 5.74) is 0. The number of hydrogen-bond acceptors (Lipinski definition) is 5. The van der Waals surface area contributed by atoms with E-state index in [1.807, 2.05) is 0 Å². The Balaban J connectivity index is 6.23. The molecule has 105 valence electrons. The van der Waals surface area contributed by atoms with Gasteiger partial charge >= 0.3 is 110 Å². The fourth-order valence-corrected chi connectivity index (χ4v) is 8.94. The molecule has 0 radical (unpaired) electrons. The van der Waals surface area contributed by atoms with Crippen molar-refractivity contribution in [2.24, 2.45) is 0 Å². The fraction of sp³-hybridized carbons (Fsp3) is 0.750. The van der Waals surface area contributed by atoms with E-state index in [0.29, 0.717) is 0 Å². The molecule has 6 heteroatoms. The van der Waals surface area contributed by atoms with E-state index >= 15 is 0 Å². The molecule has 18 heavy (non-hydrogen) atoms. The van der Waals surface area contributed by atoms with Gasteiger partial charge in [-0.25, -0.2) is 0 Å². The van der Waals surface area contributed by atoms with E-state index in [-0.39, 0.29) is 0 Å². The Labute approximate surface area is 110 Å². The molecule has 0 saturated carbocycles. The zero-order chi connectivity index (χ0) is 14.7. The molecule has 0 aromatic carbocycles. The van der Waals surface area contributed by atoms with Crippen LogP contribution in [0.1, 0.15) is 48.5 Å². The Morgan fingerprint density at radius 3 is 1.06 bits per heavy atom. The molecule has 0 aliphatic carbocycles. The molecule has 0 amide bonds. The van der Waals surface area contributed by atoms with E-state index in [1.54, 1.807) is 27.7 Å². The van der Waals surface area contributed by atoms with Crippen molar-refractivity contribution in [3.05, 3.63) is 0 Å². The second kappa shape index (κ2) is 5.74. The molecule has 0 aromatic heterocycles. The summed E-state index contributed by atoms with van der Waals surface area (Å²) in [6.07, 6.45) is -0.866. The van der Waals surface area contributed by atoms with Gasteiger partial charge in [0, 0.05) is 0 Å².